The van der Waals surface area contributed by atoms with E-state index in [9.17, 15) is 15.0 Å². The number of aromatic hydroxyl groups is 2. The van der Waals surface area contributed by atoms with Crippen LogP contribution in [0.15, 0.2) is 36.4 Å². The molecule has 23 heavy (non-hydrogen) atoms. The maximum atomic E-state index is 12.7. The standard InChI is InChI=1S/C19H19NO3/c1-11(14-8-6-12-4-2-3-5-15(12)14)20-10-13-7-9-16(21)18(22)17(13)19(20)23/h2-5,7,9,11,14,21-22H,6,8,10H2,1H3/t11-,14?/m0/s1. The van der Waals surface area contributed by atoms with Crippen molar-refractivity contribution in [2.24, 2.45) is 0 Å². The highest BCUT2D eigenvalue weighted by atomic mass is 16.3. The fourth-order valence-corrected chi connectivity index (χ4v) is 4.03. The van der Waals surface area contributed by atoms with Gasteiger partial charge in [-0.15, -0.1) is 0 Å². The highest BCUT2D eigenvalue weighted by Gasteiger charge is 2.38. The third-order valence-corrected chi connectivity index (χ3v) is 5.31. The first-order valence-electron chi connectivity index (χ1n) is 8.00. The quantitative estimate of drug-likeness (QED) is 0.838. The first-order valence-corrected chi connectivity index (χ1v) is 8.00. The van der Waals surface area contributed by atoms with Gasteiger partial charge in [0, 0.05) is 18.5 Å². The number of nitrogens with zero attached hydrogens (tertiary/aromatic N) is 1. The molecule has 0 saturated carbocycles. The number of aryl methyl sites for hydroxylation is 1. The molecule has 1 amide bonds. The fourth-order valence-electron chi connectivity index (χ4n) is 4.03. The smallest absolute Gasteiger partial charge is 0.258 e. The van der Waals surface area contributed by atoms with Crippen LogP contribution < -0.4 is 0 Å². The zero-order valence-corrected chi connectivity index (χ0v) is 13.0. The number of carbonyl (C=O) groups is 1. The molecule has 2 N–H and O–H groups in total. The summed E-state index contributed by atoms with van der Waals surface area (Å²) in [5.41, 5.74) is 3.73. The molecule has 4 nitrogen and oxygen atoms in total. The Kier molecular flexibility index (Phi) is 3.08. The lowest BCUT2D eigenvalue weighted by atomic mass is 9.93. The second-order valence-corrected chi connectivity index (χ2v) is 6.49. The van der Waals surface area contributed by atoms with E-state index in [1.165, 1.54) is 17.2 Å². The van der Waals surface area contributed by atoms with Gasteiger partial charge in [0.15, 0.2) is 11.5 Å². The summed E-state index contributed by atoms with van der Waals surface area (Å²) in [6, 6.07) is 11.6. The SMILES string of the molecule is C[C@@H](C1CCc2ccccc21)N1Cc2ccc(O)c(O)c2C1=O. The van der Waals surface area contributed by atoms with Crippen LogP contribution in [-0.2, 0) is 13.0 Å². The van der Waals surface area contributed by atoms with E-state index >= 15 is 0 Å². The molecule has 0 fully saturated rings. The van der Waals surface area contributed by atoms with E-state index in [0.717, 1.165) is 18.4 Å². The molecule has 2 aliphatic rings. The molecule has 2 aromatic rings. The van der Waals surface area contributed by atoms with Crippen molar-refractivity contribution in [1.82, 2.24) is 4.90 Å². The molecule has 118 valence electrons. The summed E-state index contributed by atoms with van der Waals surface area (Å²) in [6.45, 7) is 2.56. The third-order valence-electron chi connectivity index (χ3n) is 5.31. The van der Waals surface area contributed by atoms with E-state index < -0.39 is 0 Å². The van der Waals surface area contributed by atoms with E-state index in [1.54, 1.807) is 6.07 Å². The van der Waals surface area contributed by atoms with Gasteiger partial charge in [-0.25, -0.2) is 0 Å². The molecule has 4 heteroatoms. The lowest BCUT2D eigenvalue weighted by Crippen LogP contribution is -2.37. The molecule has 0 spiro atoms. The van der Waals surface area contributed by atoms with Gasteiger partial charge in [-0.1, -0.05) is 30.3 Å². The predicted molar refractivity (Wildman–Crippen MR) is 86.6 cm³/mol. The number of phenols is 2. The monoisotopic (exact) mass is 309 g/mol. The topological polar surface area (TPSA) is 60.8 Å². The van der Waals surface area contributed by atoms with Crippen LogP contribution in [-0.4, -0.2) is 27.1 Å². The van der Waals surface area contributed by atoms with Crippen molar-refractivity contribution in [3.05, 3.63) is 58.7 Å². The van der Waals surface area contributed by atoms with E-state index in [2.05, 4.69) is 25.1 Å². The molecule has 0 bridgehead atoms. The summed E-state index contributed by atoms with van der Waals surface area (Å²) in [6.07, 6.45) is 2.09. The molecule has 1 heterocycles. The molecule has 1 aliphatic carbocycles. The van der Waals surface area contributed by atoms with E-state index in [-0.39, 0.29) is 29.0 Å². The molecule has 0 radical (unpaired) electrons. The molecular formula is C19H19NO3. The number of rotatable bonds is 2. The summed E-state index contributed by atoms with van der Waals surface area (Å²) < 4.78 is 0. The van der Waals surface area contributed by atoms with Gasteiger partial charge in [-0.2, -0.15) is 0 Å². The van der Waals surface area contributed by atoms with Gasteiger partial charge < -0.3 is 15.1 Å². The Morgan fingerprint density at radius 2 is 1.91 bits per heavy atom. The number of benzene rings is 2. The minimum atomic E-state index is -0.297. The number of phenolic OH excluding ortho intramolecular Hbond substituents is 2. The van der Waals surface area contributed by atoms with Crippen molar-refractivity contribution in [2.75, 3.05) is 0 Å². The Morgan fingerprint density at radius 1 is 1.13 bits per heavy atom. The van der Waals surface area contributed by atoms with Crippen molar-refractivity contribution in [3.63, 3.8) is 0 Å². The Morgan fingerprint density at radius 3 is 2.74 bits per heavy atom. The van der Waals surface area contributed by atoms with Crippen LogP contribution in [0.2, 0.25) is 0 Å². The highest BCUT2D eigenvalue weighted by molar-refractivity contribution is 6.01. The molecule has 2 atom stereocenters. The first-order chi connectivity index (χ1) is 11.1. The number of carbonyl (C=O) groups excluding carboxylic acids is 1. The second-order valence-electron chi connectivity index (χ2n) is 6.49. The van der Waals surface area contributed by atoms with Crippen LogP contribution in [0, 0.1) is 0 Å². The predicted octanol–water partition coefficient (Wildman–Crippen LogP) is 3.17. The maximum Gasteiger partial charge on any atom is 0.258 e. The molecule has 0 saturated heterocycles. The number of hydrogen-bond acceptors (Lipinski definition) is 3. The number of amides is 1. The minimum absolute atomic E-state index is 0.0556. The van der Waals surface area contributed by atoms with Gasteiger partial charge in [0.2, 0.25) is 0 Å². The average Bonchev–Trinajstić information content (AvgIpc) is 3.12. The van der Waals surface area contributed by atoms with Crippen molar-refractivity contribution in [2.45, 2.75) is 38.3 Å². The van der Waals surface area contributed by atoms with Crippen LogP contribution in [0.1, 0.15) is 46.3 Å². The molecule has 4 rings (SSSR count). The van der Waals surface area contributed by atoms with Gasteiger partial charge in [0.1, 0.15) is 0 Å². The average molecular weight is 309 g/mol. The molecule has 2 aromatic carbocycles. The second kappa shape index (κ2) is 5.01. The van der Waals surface area contributed by atoms with Crippen molar-refractivity contribution in [3.8, 4) is 11.5 Å². The number of hydrogen-bond donors (Lipinski definition) is 2. The van der Waals surface area contributed by atoms with Gasteiger partial charge in [0.25, 0.3) is 5.91 Å². The Balaban J connectivity index is 1.66. The molecule has 1 unspecified atom stereocenters. The Labute approximate surface area is 135 Å². The normalized spacial score (nSPS) is 20.5. The Hall–Kier alpha value is -2.49. The minimum Gasteiger partial charge on any atom is -0.504 e. The van der Waals surface area contributed by atoms with Gasteiger partial charge in [-0.3, -0.25) is 4.79 Å². The van der Waals surface area contributed by atoms with E-state index in [0.29, 0.717) is 12.5 Å². The summed E-state index contributed by atoms with van der Waals surface area (Å²) in [4.78, 5) is 14.6. The lowest BCUT2D eigenvalue weighted by molar-refractivity contribution is 0.0689. The summed E-state index contributed by atoms with van der Waals surface area (Å²) in [5, 5.41) is 19.7. The molecule has 1 aliphatic heterocycles. The third kappa shape index (κ3) is 2.01. The fraction of sp³-hybridized carbons (Fsp3) is 0.316. The van der Waals surface area contributed by atoms with Gasteiger partial charge in [-0.05, 0) is 42.5 Å². The first kappa shape index (κ1) is 14.1. The van der Waals surface area contributed by atoms with E-state index in [4.69, 9.17) is 0 Å². The molecule has 0 aromatic heterocycles. The van der Waals surface area contributed by atoms with Crippen LogP contribution in [0.4, 0.5) is 0 Å². The van der Waals surface area contributed by atoms with Crippen LogP contribution in [0.25, 0.3) is 0 Å². The van der Waals surface area contributed by atoms with Crippen LogP contribution in [0.3, 0.4) is 0 Å². The summed E-state index contributed by atoms with van der Waals surface area (Å²) in [7, 11) is 0. The van der Waals surface area contributed by atoms with Crippen molar-refractivity contribution < 1.29 is 15.0 Å². The Bertz CT molecular complexity index is 799. The highest BCUT2D eigenvalue weighted by Crippen LogP contribution is 2.42. The van der Waals surface area contributed by atoms with Gasteiger partial charge in [0.05, 0.1) is 5.56 Å². The van der Waals surface area contributed by atoms with Crippen LogP contribution in [0.5, 0.6) is 11.5 Å². The zero-order valence-electron chi connectivity index (χ0n) is 13.0. The van der Waals surface area contributed by atoms with Crippen molar-refractivity contribution in [1.29, 1.82) is 0 Å². The largest absolute Gasteiger partial charge is 0.504 e. The van der Waals surface area contributed by atoms with Crippen LogP contribution >= 0.6 is 0 Å². The van der Waals surface area contributed by atoms with E-state index in [1.807, 2.05) is 11.0 Å². The molecular weight excluding hydrogens is 290 g/mol. The van der Waals surface area contributed by atoms with Crippen molar-refractivity contribution >= 4 is 5.91 Å². The maximum absolute atomic E-state index is 12.7. The lowest BCUT2D eigenvalue weighted by Gasteiger charge is -2.30. The summed E-state index contributed by atoms with van der Waals surface area (Å²) in [5.74, 6) is -0.405. The number of fused-ring (bicyclic) bond motifs is 2. The van der Waals surface area contributed by atoms with Gasteiger partial charge >= 0.3 is 0 Å². The summed E-state index contributed by atoms with van der Waals surface area (Å²) >= 11 is 0. The zero-order chi connectivity index (χ0) is 16.1.